The van der Waals surface area contributed by atoms with Gasteiger partial charge in [-0.3, -0.25) is 9.79 Å². The number of Topliss-reactive ketones (excluding diaryl/α,β-unsaturated/α-hetero) is 1. The molecule has 1 heterocycles. The van der Waals surface area contributed by atoms with Crippen molar-refractivity contribution in [3.8, 4) is 0 Å². The molecule has 2 aliphatic rings. The van der Waals surface area contributed by atoms with Gasteiger partial charge >= 0.3 is 5.97 Å². The Hall–Kier alpha value is -2.27. The molecule has 0 radical (unpaired) electrons. The van der Waals surface area contributed by atoms with E-state index in [2.05, 4.69) is 19.9 Å². The third-order valence-corrected chi connectivity index (χ3v) is 5.51. The van der Waals surface area contributed by atoms with Gasteiger partial charge in [-0.05, 0) is 31.2 Å². The summed E-state index contributed by atoms with van der Waals surface area (Å²) >= 11 is 0. The molecule has 3 rings (SSSR count). The number of ether oxygens (including phenoxy) is 2. The minimum Gasteiger partial charge on any atom is -0.460 e. The van der Waals surface area contributed by atoms with Crippen LogP contribution in [0.3, 0.4) is 0 Å². The predicted molar refractivity (Wildman–Crippen MR) is 108 cm³/mol. The second-order valence-corrected chi connectivity index (χ2v) is 8.58. The molecule has 0 saturated heterocycles. The summed E-state index contributed by atoms with van der Waals surface area (Å²) in [5.74, 6) is -1.02. The van der Waals surface area contributed by atoms with E-state index in [0.717, 1.165) is 23.3 Å². The molecule has 1 saturated carbocycles. The molecule has 0 bridgehead atoms. The van der Waals surface area contributed by atoms with E-state index in [0.29, 0.717) is 24.3 Å². The smallest absolute Gasteiger partial charge is 0.336 e. The molecular weight excluding hydrogens is 354 g/mol. The van der Waals surface area contributed by atoms with Gasteiger partial charge in [0.25, 0.3) is 0 Å². The number of methoxy groups -OCH3 is 1. The van der Waals surface area contributed by atoms with Gasteiger partial charge in [-0.1, -0.05) is 43.7 Å². The fourth-order valence-electron chi connectivity index (χ4n) is 4.38. The van der Waals surface area contributed by atoms with E-state index < -0.39 is 11.9 Å². The van der Waals surface area contributed by atoms with Crippen LogP contribution in [0.15, 0.2) is 40.5 Å². The van der Waals surface area contributed by atoms with E-state index in [-0.39, 0.29) is 23.7 Å². The molecule has 1 aromatic carbocycles. The Morgan fingerprint density at radius 1 is 1.18 bits per heavy atom. The fraction of sp³-hybridized carbons (Fsp3) is 0.522. The Morgan fingerprint density at radius 2 is 1.93 bits per heavy atom. The number of rotatable bonds is 5. The maximum absolute atomic E-state index is 13.2. The quantitative estimate of drug-likeness (QED) is 0.569. The van der Waals surface area contributed by atoms with E-state index in [1.165, 1.54) is 0 Å². The Morgan fingerprint density at radius 3 is 2.61 bits per heavy atom. The molecule has 1 aliphatic carbocycles. The highest BCUT2D eigenvalue weighted by Crippen LogP contribution is 2.47. The van der Waals surface area contributed by atoms with Crippen molar-refractivity contribution in [2.45, 2.75) is 46.5 Å². The SMILES string of the molecule is COCCOC(=O)C1=C(C)N=C2CC(C)(C)CC(=O)C2[C@H]1c1cccc(C)c1. The van der Waals surface area contributed by atoms with Crippen LogP contribution in [-0.2, 0) is 19.1 Å². The summed E-state index contributed by atoms with van der Waals surface area (Å²) in [5, 5.41) is 0. The van der Waals surface area contributed by atoms with Crippen molar-refractivity contribution < 1.29 is 19.1 Å². The number of allylic oxidation sites excluding steroid dienone is 1. The van der Waals surface area contributed by atoms with Crippen LogP contribution in [0.5, 0.6) is 0 Å². The van der Waals surface area contributed by atoms with Crippen LogP contribution in [0.4, 0.5) is 0 Å². The van der Waals surface area contributed by atoms with Crippen molar-refractivity contribution in [1.82, 2.24) is 0 Å². The van der Waals surface area contributed by atoms with Gasteiger partial charge in [0, 0.05) is 30.9 Å². The van der Waals surface area contributed by atoms with Gasteiger partial charge in [0.15, 0.2) is 0 Å². The zero-order valence-electron chi connectivity index (χ0n) is 17.4. The highest BCUT2D eigenvalue weighted by Gasteiger charge is 2.47. The maximum Gasteiger partial charge on any atom is 0.336 e. The Bertz CT molecular complexity index is 850. The second kappa shape index (κ2) is 8.00. The third-order valence-electron chi connectivity index (χ3n) is 5.51. The van der Waals surface area contributed by atoms with Crippen molar-refractivity contribution in [3.05, 3.63) is 46.7 Å². The first-order valence-corrected chi connectivity index (χ1v) is 9.77. The molecule has 0 amide bonds. The number of aryl methyl sites for hydroxylation is 1. The number of hydrogen-bond donors (Lipinski definition) is 0. The van der Waals surface area contributed by atoms with Crippen LogP contribution < -0.4 is 0 Å². The first kappa shape index (κ1) is 20.5. The minimum atomic E-state index is -0.415. The lowest BCUT2D eigenvalue weighted by atomic mass is 9.63. The lowest BCUT2D eigenvalue weighted by Crippen LogP contribution is -2.44. The molecule has 0 aromatic heterocycles. The highest BCUT2D eigenvalue weighted by atomic mass is 16.6. The van der Waals surface area contributed by atoms with E-state index >= 15 is 0 Å². The number of ketones is 1. The normalized spacial score (nSPS) is 23.9. The summed E-state index contributed by atoms with van der Waals surface area (Å²) in [6, 6.07) is 8.02. The molecule has 2 atom stereocenters. The Labute approximate surface area is 166 Å². The number of esters is 1. The van der Waals surface area contributed by atoms with Crippen molar-refractivity contribution in [1.29, 1.82) is 0 Å². The number of fused-ring (bicyclic) bond motifs is 1. The average Bonchev–Trinajstić information content (AvgIpc) is 2.59. The van der Waals surface area contributed by atoms with Crippen LogP contribution in [-0.4, -0.2) is 37.8 Å². The number of carbonyl (C=O) groups is 2. The topological polar surface area (TPSA) is 65.0 Å². The standard InChI is InChI=1S/C23H29NO4/c1-14-7-6-8-16(11-14)20-19(22(26)28-10-9-27-5)15(2)24-17-12-23(3,4)13-18(25)21(17)20/h6-8,11,20-21H,9-10,12-13H2,1-5H3/t20-,21?/m0/s1. The molecular formula is C23H29NO4. The van der Waals surface area contributed by atoms with Crippen LogP contribution in [0.25, 0.3) is 0 Å². The zero-order chi connectivity index (χ0) is 20.5. The van der Waals surface area contributed by atoms with Gasteiger partial charge in [-0.15, -0.1) is 0 Å². The van der Waals surface area contributed by atoms with Gasteiger partial charge in [0.05, 0.1) is 18.1 Å². The fourth-order valence-corrected chi connectivity index (χ4v) is 4.38. The molecule has 1 aromatic rings. The van der Waals surface area contributed by atoms with E-state index in [1.54, 1.807) is 7.11 Å². The average molecular weight is 383 g/mol. The van der Waals surface area contributed by atoms with Gasteiger partial charge in [-0.25, -0.2) is 4.79 Å². The molecule has 0 N–H and O–H groups in total. The monoisotopic (exact) mass is 383 g/mol. The molecule has 5 heteroatoms. The van der Waals surface area contributed by atoms with Gasteiger partial charge in [0.1, 0.15) is 12.4 Å². The molecule has 0 spiro atoms. The van der Waals surface area contributed by atoms with E-state index in [4.69, 9.17) is 14.5 Å². The molecule has 28 heavy (non-hydrogen) atoms. The van der Waals surface area contributed by atoms with E-state index in [9.17, 15) is 9.59 Å². The third kappa shape index (κ3) is 4.09. The Balaban J connectivity index is 2.09. The van der Waals surface area contributed by atoms with Crippen LogP contribution in [0, 0.1) is 18.3 Å². The highest BCUT2D eigenvalue weighted by molar-refractivity contribution is 6.12. The predicted octanol–water partition coefficient (Wildman–Crippen LogP) is 4.00. The van der Waals surface area contributed by atoms with Crippen LogP contribution >= 0.6 is 0 Å². The maximum atomic E-state index is 13.2. The van der Waals surface area contributed by atoms with Crippen LogP contribution in [0.2, 0.25) is 0 Å². The van der Waals surface area contributed by atoms with Gasteiger partial charge in [0.2, 0.25) is 0 Å². The number of nitrogens with zero attached hydrogens (tertiary/aromatic N) is 1. The lowest BCUT2D eigenvalue weighted by Gasteiger charge is -2.41. The van der Waals surface area contributed by atoms with E-state index in [1.807, 2.05) is 32.0 Å². The number of carbonyl (C=O) groups excluding carboxylic acids is 2. The summed E-state index contributed by atoms with van der Waals surface area (Å²) < 4.78 is 10.4. The molecule has 150 valence electrons. The van der Waals surface area contributed by atoms with Gasteiger partial charge < -0.3 is 9.47 Å². The molecule has 1 unspecified atom stereocenters. The van der Waals surface area contributed by atoms with Crippen molar-refractivity contribution in [2.24, 2.45) is 16.3 Å². The van der Waals surface area contributed by atoms with Crippen molar-refractivity contribution in [3.63, 3.8) is 0 Å². The number of benzene rings is 1. The summed E-state index contributed by atoms with van der Waals surface area (Å²) in [5.41, 5.74) is 3.96. The summed E-state index contributed by atoms with van der Waals surface area (Å²) in [7, 11) is 1.56. The number of hydrogen-bond acceptors (Lipinski definition) is 5. The summed E-state index contributed by atoms with van der Waals surface area (Å²) in [6.45, 7) is 8.55. The first-order valence-electron chi connectivity index (χ1n) is 9.77. The molecule has 1 aliphatic heterocycles. The largest absolute Gasteiger partial charge is 0.460 e. The zero-order valence-corrected chi connectivity index (χ0v) is 17.4. The lowest BCUT2D eigenvalue weighted by molar-refractivity contribution is -0.140. The molecule has 5 nitrogen and oxygen atoms in total. The Kier molecular flexibility index (Phi) is 5.84. The second-order valence-electron chi connectivity index (χ2n) is 8.58. The molecule has 1 fully saturated rings. The van der Waals surface area contributed by atoms with Crippen molar-refractivity contribution in [2.75, 3.05) is 20.3 Å². The van der Waals surface area contributed by atoms with Crippen molar-refractivity contribution >= 4 is 17.5 Å². The number of aliphatic imine (C=N–C) groups is 1. The minimum absolute atomic E-state index is 0.111. The van der Waals surface area contributed by atoms with Gasteiger partial charge in [-0.2, -0.15) is 0 Å². The summed E-state index contributed by atoms with van der Waals surface area (Å²) in [6.07, 6.45) is 1.25. The van der Waals surface area contributed by atoms with Crippen LogP contribution in [0.1, 0.15) is 50.7 Å². The first-order chi connectivity index (χ1) is 13.2. The summed E-state index contributed by atoms with van der Waals surface area (Å²) in [4.78, 5) is 30.8.